The number of rotatable bonds is 49. The second-order valence-corrected chi connectivity index (χ2v) is 31.1. The molecule has 0 saturated heterocycles. The summed E-state index contributed by atoms with van der Waals surface area (Å²) in [7, 11) is 1.59. The summed E-state index contributed by atoms with van der Waals surface area (Å²) in [6, 6.07) is 70.8. The van der Waals surface area contributed by atoms with Crippen molar-refractivity contribution in [2.45, 2.75) is 173 Å². The van der Waals surface area contributed by atoms with Crippen LogP contribution in [0.5, 0.6) is 57.5 Å². The zero-order valence-electron chi connectivity index (χ0n) is 73.7. The summed E-state index contributed by atoms with van der Waals surface area (Å²) in [6.45, 7) is 15.7. The fraction of sp³-hybridized carbons (Fsp3) is 0.363. The molecule has 0 heterocycles. The first kappa shape index (κ1) is 99.4. The van der Waals surface area contributed by atoms with Crippen molar-refractivity contribution in [2.24, 2.45) is 10.2 Å². The van der Waals surface area contributed by atoms with Gasteiger partial charge in [-0.1, -0.05) is 121 Å². The molecule has 664 valence electrons. The van der Waals surface area contributed by atoms with Crippen molar-refractivity contribution in [2.75, 3.05) is 81.3 Å². The Kier molecular flexibility index (Phi) is 45.8. The lowest BCUT2D eigenvalue weighted by atomic mass is 10.0. The minimum atomic E-state index is -3.54. The Bertz CT molecular complexity index is 4780. The highest BCUT2D eigenvalue weighted by atomic mass is 32.2. The molecule has 0 fully saturated rings. The Morgan fingerprint density at radius 1 is 0.288 bits per heavy atom. The fourth-order valence-corrected chi connectivity index (χ4v) is 13.3. The molecule has 0 N–H and O–H groups in total. The van der Waals surface area contributed by atoms with E-state index in [9.17, 15) is 27.6 Å². The van der Waals surface area contributed by atoms with Crippen molar-refractivity contribution < 1.29 is 89.2 Å². The van der Waals surface area contributed by atoms with E-state index in [0.717, 1.165) is 173 Å². The van der Waals surface area contributed by atoms with Crippen LogP contribution in [0.3, 0.4) is 0 Å². The lowest BCUT2D eigenvalue weighted by Crippen LogP contribution is -2.08. The number of unbranched alkanes of at least 4 members (excludes halogenated alkanes) is 14. The van der Waals surface area contributed by atoms with Crippen molar-refractivity contribution >= 4 is 45.1 Å². The van der Waals surface area contributed by atoms with Gasteiger partial charge in [-0.2, -0.15) is 15.5 Å². The quantitative estimate of drug-likeness (QED) is 0.0148. The summed E-state index contributed by atoms with van der Waals surface area (Å²) >= 11 is 0. The minimum absolute atomic E-state index is 0.234. The van der Waals surface area contributed by atoms with Gasteiger partial charge in [0.2, 0.25) is 9.84 Å². The van der Waals surface area contributed by atoms with Crippen molar-refractivity contribution in [3.05, 3.63) is 264 Å². The molecule has 0 bridgehead atoms. The van der Waals surface area contributed by atoms with E-state index < -0.39 is 33.7 Å². The molecule has 0 aromatic heterocycles. The van der Waals surface area contributed by atoms with Crippen LogP contribution >= 0.6 is 0 Å². The maximum atomic E-state index is 12.8. The molecular formula is C102H121N3O19S. The Labute approximate surface area is 738 Å². The molecule has 10 rings (SSSR count). The monoisotopic (exact) mass is 1720 g/mol. The number of methoxy groups -OCH3 is 4. The van der Waals surface area contributed by atoms with Gasteiger partial charge in [0, 0.05) is 0 Å². The third kappa shape index (κ3) is 37.5. The number of hydrogen-bond donors (Lipinski definition) is 0. The molecule has 0 aliphatic heterocycles. The third-order valence-corrected chi connectivity index (χ3v) is 21.0. The summed E-state index contributed by atoms with van der Waals surface area (Å²) in [4.78, 5) is 48.0. The number of sulfone groups is 1. The fourth-order valence-electron chi connectivity index (χ4n) is 12.1. The zero-order valence-corrected chi connectivity index (χ0v) is 74.6. The number of azo groups is 1. The van der Waals surface area contributed by atoms with Crippen molar-refractivity contribution in [3.8, 4) is 74.7 Å². The molecular weight excluding hydrogens is 1600 g/mol. The molecule has 0 radical (unpaired) electrons. The summed E-state index contributed by atoms with van der Waals surface area (Å²) < 4.78 is 96.2. The molecule has 0 atom stereocenters. The van der Waals surface area contributed by atoms with Gasteiger partial charge in [0.05, 0.1) is 136 Å². The van der Waals surface area contributed by atoms with Gasteiger partial charge in [-0.25, -0.2) is 27.6 Å². The van der Waals surface area contributed by atoms with Crippen LogP contribution in [0.15, 0.2) is 251 Å². The molecule has 0 amide bonds. The molecule has 22 nitrogen and oxygen atoms in total. The van der Waals surface area contributed by atoms with Gasteiger partial charge in [-0.3, -0.25) is 0 Å². The van der Waals surface area contributed by atoms with E-state index in [0.29, 0.717) is 68.2 Å². The maximum Gasteiger partial charge on any atom is 0.338 e. The van der Waals surface area contributed by atoms with Gasteiger partial charge in [0.1, 0.15) is 57.5 Å². The second-order valence-electron chi connectivity index (χ2n) is 29.1. The molecule has 10 aromatic carbocycles. The average Bonchev–Trinajstić information content (AvgIpc) is 0.804. The third-order valence-electron chi connectivity index (χ3n) is 19.2. The topological polar surface area (TPSA) is 271 Å². The van der Waals surface area contributed by atoms with Crippen molar-refractivity contribution in [3.63, 3.8) is 0 Å². The molecule has 0 aliphatic carbocycles. The standard InChI is InChI=1S/C29H32N2O6.C29H29NO6.C22H30O4S.C22H30O3/c1-21-8-10-24(11-9-21)30-31-25-12-14-26(15-13-25)36-16-6-4-5-7-17-37-27-19-22(28(32)34-2)18-23(20-27)29(33)35-3;1-33-28(31)24-17-25(29(32)34-2)19-27(18-24)36-16-6-4-3-5-15-35-26-13-11-23(12-14-26)22-9-7-21(20-30)8-10-22;1-3-5-7-17-25-19-9-13-21(14-10-19)27(23,24)22-15-11-20(12-16-22)26-18-8-6-4-2;1-3-5-7-17-23-19-9-13-21(14-10-19)25-22-15-11-20(12-16-22)24-18-8-6-4-2/h8-15,18-20H,4-7,16-17H2,1-3H3;7-14,17-19H,3-6,15-16H2,1-2H3;9-16H,3-8,17-18H2,1-2H3;9-16H,3-8,17-18H2,1-2H3. The van der Waals surface area contributed by atoms with Crippen LogP contribution in [-0.2, 0) is 28.8 Å². The van der Waals surface area contributed by atoms with Gasteiger partial charge >= 0.3 is 23.9 Å². The average molecular weight is 1730 g/mol. The highest BCUT2D eigenvalue weighted by Crippen LogP contribution is 2.31. The summed E-state index contributed by atoms with van der Waals surface area (Å²) in [6.07, 6.45) is 21.0. The number of hydrogen-bond acceptors (Lipinski definition) is 22. The number of nitrogens with zero attached hydrogens (tertiary/aromatic N) is 3. The SMILES string of the molecule is CCCCCOc1ccc(Oc2ccc(OCCCCC)cc2)cc1.CCCCCOc1ccc(S(=O)(=O)c2ccc(OCCCCC)cc2)cc1.COC(=O)c1cc(OCCCCCCOc2ccc(-c3ccc(C#N)cc3)cc2)cc(C(=O)OC)c1.COC(=O)c1cc(OCCCCCCOc2ccc(N=Nc3ccc(C)cc3)cc2)cc(C(=O)OC)c1. The van der Waals surface area contributed by atoms with Gasteiger partial charge in [-0.05, 0) is 289 Å². The first-order chi connectivity index (χ1) is 60.9. The van der Waals surface area contributed by atoms with Crippen LogP contribution in [0, 0.1) is 18.3 Å². The van der Waals surface area contributed by atoms with Crippen molar-refractivity contribution in [1.82, 2.24) is 0 Å². The number of esters is 4. The molecule has 0 unspecified atom stereocenters. The van der Waals surface area contributed by atoms with Crippen molar-refractivity contribution in [1.29, 1.82) is 5.26 Å². The number of aryl methyl sites for hydroxylation is 1. The molecule has 0 spiro atoms. The van der Waals surface area contributed by atoms with E-state index in [1.165, 1.54) is 71.8 Å². The van der Waals surface area contributed by atoms with Gasteiger partial charge in [-0.15, -0.1) is 0 Å². The number of nitriles is 1. The number of benzene rings is 10. The normalized spacial score (nSPS) is 10.7. The van der Waals surface area contributed by atoms with E-state index in [1.807, 2.05) is 153 Å². The zero-order chi connectivity index (χ0) is 89.5. The second kappa shape index (κ2) is 57.6. The first-order valence-corrected chi connectivity index (χ1v) is 44.6. The number of carbonyl (C=O) groups is 4. The minimum Gasteiger partial charge on any atom is -0.494 e. The lowest BCUT2D eigenvalue weighted by molar-refractivity contribution is 0.0580. The lowest BCUT2D eigenvalue weighted by Gasteiger charge is -2.10. The summed E-state index contributed by atoms with van der Waals surface area (Å²) in [5.74, 6) is 5.06. The maximum absolute atomic E-state index is 12.8. The van der Waals surface area contributed by atoms with Gasteiger partial charge < -0.3 is 61.6 Å². The highest BCUT2D eigenvalue weighted by Gasteiger charge is 2.20. The smallest absolute Gasteiger partial charge is 0.338 e. The first-order valence-electron chi connectivity index (χ1n) is 43.1. The molecule has 0 aliphatic rings. The Morgan fingerprint density at radius 2 is 0.520 bits per heavy atom. The van der Waals surface area contributed by atoms with Crippen LogP contribution < -0.4 is 42.6 Å². The molecule has 0 saturated carbocycles. The number of carbonyl (C=O) groups excluding carboxylic acids is 4. The van der Waals surface area contributed by atoms with Gasteiger partial charge in [0.15, 0.2) is 0 Å². The Morgan fingerprint density at radius 3 is 0.792 bits per heavy atom. The van der Waals surface area contributed by atoms with Crippen LogP contribution in [-0.4, -0.2) is 114 Å². The largest absolute Gasteiger partial charge is 0.494 e. The number of ether oxygens (including phenoxy) is 13. The van der Waals surface area contributed by atoms with E-state index in [-0.39, 0.29) is 32.0 Å². The predicted molar refractivity (Wildman–Crippen MR) is 487 cm³/mol. The molecule has 125 heavy (non-hydrogen) atoms. The molecule has 10 aromatic rings. The van der Waals surface area contributed by atoms with Crippen LogP contribution in [0.2, 0.25) is 0 Å². The van der Waals surface area contributed by atoms with Crippen LogP contribution in [0.1, 0.15) is 209 Å². The van der Waals surface area contributed by atoms with E-state index in [2.05, 4.69) is 44.0 Å². The van der Waals surface area contributed by atoms with E-state index in [1.54, 1.807) is 72.8 Å². The highest BCUT2D eigenvalue weighted by molar-refractivity contribution is 7.91. The predicted octanol–water partition coefficient (Wildman–Crippen LogP) is 25.1. The molecule has 23 heteroatoms. The van der Waals surface area contributed by atoms with Crippen LogP contribution in [0.4, 0.5) is 11.4 Å². The summed E-state index contributed by atoms with van der Waals surface area (Å²) in [5.41, 5.74) is 6.48. The summed E-state index contributed by atoms with van der Waals surface area (Å²) in [5, 5.41) is 17.4. The Balaban J connectivity index is 0.000000232. The van der Waals surface area contributed by atoms with Crippen LogP contribution in [0.25, 0.3) is 11.1 Å². The Hall–Kier alpha value is -12.7. The van der Waals surface area contributed by atoms with Gasteiger partial charge in [0.25, 0.3) is 0 Å². The van der Waals surface area contributed by atoms with E-state index in [4.69, 9.17) is 66.8 Å². The van der Waals surface area contributed by atoms with E-state index >= 15 is 0 Å².